The van der Waals surface area contributed by atoms with Gasteiger partial charge in [0.15, 0.2) is 0 Å². The zero-order chi connectivity index (χ0) is 16.5. The second kappa shape index (κ2) is 6.00. The van der Waals surface area contributed by atoms with Gasteiger partial charge in [-0.25, -0.2) is 4.79 Å². The molecular formula is C19H19N3O2. The molecule has 1 aliphatic heterocycles. The highest BCUT2D eigenvalue weighted by molar-refractivity contribution is 5.76. The molecule has 5 nitrogen and oxygen atoms in total. The Hall–Kier alpha value is -2.82. The summed E-state index contributed by atoms with van der Waals surface area (Å²) in [6.07, 6.45) is 2.18. The number of aromatic amines is 1. The van der Waals surface area contributed by atoms with Gasteiger partial charge >= 0.3 is 5.69 Å². The van der Waals surface area contributed by atoms with Crippen molar-refractivity contribution < 1.29 is 0 Å². The number of hydrogen-bond donors (Lipinski definition) is 1. The molecule has 1 N–H and O–H groups in total. The van der Waals surface area contributed by atoms with E-state index in [-0.39, 0.29) is 11.2 Å². The van der Waals surface area contributed by atoms with Crippen LogP contribution in [0.25, 0.3) is 10.9 Å². The number of hydrogen-bond acceptors (Lipinski definition) is 3. The smallest absolute Gasteiger partial charge is 0.328 e. The Morgan fingerprint density at radius 3 is 2.67 bits per heavy atom. The number of nitrogens with zero attached hydrogens (tertiary/aromatic N) is 2. The number of para-hydroxylation sites is 2. The molecule has 122 valence electrons. The Balaban J connectivity index is 1.65. The summed E-state index contributed by atoms with van der Waals surface area (Å²) in [6, 6.07) is 15.5. The Morgan fingerprint density at radius 1 is 0.958 bits per heavy atom. The van der Waals surface area contributed by atoms with Gasteiger partial charge in [-0.1, -0.05) is 30.3 Å². The topological polar surface area (TPSA) is 58.1 Å². The molecule has 1 aliphatic rings. The summed E-state index contributed by atoms with van der Waals surface area (Å²) in [4.78, 5) is 29.9. The summed E-state index contributed by atoms with van der Waals surface area (Å²) >= 11 is 0. The van der Waals surface area contributed by atoms with E-state index in [1.165, 1.54) is 15.8 Å². The van der Waals surface area contributed by atoms with E-state index in [0.717, 1.165) is 19.4 Å². The largest absolute Gasteiger partial charge is 0.370 e. The van der Waals surface area contributed by atoms with Gasteiger partial charge in [0, 0.05) is 25.3 Å². The molecule has 0 aliphatic carbocycles. The van der Waals surface area contributed by atoms with E-state index in [0.29, 0.717) is 24.0 Å². The molecule has 2 aromatic carbocycles. The fourth-order valence-electron chi connectivity index (χ4n) is 3.47. The normalized spacial score (nSPS) is 13.9. The van der Waals surface area contributed by atoms with Crippen LogP contribution in [0.3, 0.4) is 0 Å². The maximum atomic E-state index is 12.6. The lowest BCUT2D eigenvalue weighted by atomic mass is 10.0. The molecule has 0 saturated carbocycles. The molecule has 4 rings (SSSR count). The summed E-state index contributed by atoms with van der Waals surface area (Å²) in [5, 5.41) is 0.552. The molecule has 5 heteroatoms. The lowest BCUT2D eigenvalue weighted by Gasteiger charge is -2.31. The molecule has 0 radical (unpaired) electrons. The van der Waals surface area contributed by atoms with Crippen molar-refractivity contribution in [2.45, 2.75) is 19.4 Å². The van der Waals surface area contributed by atoms with Gasteiger partial charge in [-0.15, -0.1) is 0 Å². The third-order valence-electron chi connectivity index (χ3n) is 4.69. The molecule has 2 heterocycles. The van der Waals surface area contributed by atoms with Crippen molar-refractivity contribution >= 4 is 16.6 Å². The van der Waals surface area contributed by atoms with Crippen LogP contribution in [0.1, 0.15) is 12.0 Å². The number of fused-ring (bicyclic) bond motifs is 2. The summed E-state index contributed by atoms with van der Waals surface area (Å²) in [7, 11) is 0. The second-order valence-corrected chi connectivity index (χ2v) is 6.15. The number of aromatic nitrogens is 2. The first-order valence-corrected chi connectivity index (χ1v) is 8.29. The molecule has 0 saturated heterocycles. The van der Waals surface area contributed by atoms with Crippen molar-refractivity contribution in [3.63, 3.8) is 0 Å². The number of aryl methyl sites for hydroxylation is 1. The molecule has 0 atom stereocenters. The van der Waals surface area contributed by atoms with Crippen molar-refractivity contribution in [3.05, 3.63) is 74.9 Å². The highest BCUT2D eigenvalue weighted by Crippen LogP contribution is 2.26. The van der Waals surface area contributed by atoms with Crippen LogP contribution in [-0.2, 0) is 13.0 Å². The molecule has 0 fully saturated rings. The number of rotatable bonds is 3. The lowest BCUT2D eigenvalue weighted by molar-refractivity contribution is 0.593. The number of nitrogens with one attached hydrogen (secondary N) is 1. The van der Waals surface area contributed by atoms with E-state index in [1.807, 2.05) is 18.2 Å². The van der Waals surface area contributed by atoms with Gasteiger partial charge < -0.3 is 9.88 Å². The van der Waals surface area contributed by atoms with Gasteiger partial charge in [0.2, 0.25) is 0 Å². The molecule has 0 bridgehead atoms. The van der Waals surface area contributed by atoms with Gasteiger partial charge in [0.05, 0.1) is 10.9 Å². The zero-order valence-electron chi connectivity index (χ0n) is 13.4. The van der Waals surface area contributed by atoms with Gasteiger partial charge in [-0.3, -0.25) is 9.36 Å². The van der Waals surface area contributed by atoms with Crippen LogP contribution in [0, 0.1) is 0 Å². The first kappa shape index (κ1) is 14.8. The van der Waals surface area contributed by atoms with E-state index in [2.05, 4.69) is 28.1 Å². The third-order valence-corrected chi connectivity index (χ3v) is 4.69. The van der Waals surface area contributed by atoms with Crippen LogP contribution in [-0.4, -0.2) is 22.6 Å². The average molecular weight is 321 g/mol. The summed E-state index contributed by atoms with van der Waals surface area (Å²) in [5.41, 5.74) is 2.58. The fraction of sp³-hybridized carbons (Fsp3) is 0.263. The van der Waals surface area contributed by atoms with Gasteiger partial charge in [-0.05, 0) is 36.6 Å². The van der Waals surface area contributed by atoms with Crippen molar-refractivity contribution in [1.82, 2.24) is 9.55 Å². The van der Waals surface area contributed by atoms with Crippen LogP contribution >= 0.6 is 0 Å². The number of anilines is 1. The zero-order valence-corrected chi connectivity index (χ0v) is 13.4. The minimum atomic E-state index is -0.344. The van der Waals surface area contributed by atoms with Crippen molar-refractivity contribution in [3.8, 4) is 0 Å². The van der Waals surface area contributed by atoms with Gasteiger partial charge in [0.1, 0.15) is 0 Å². The Morgan fingerprint density at radius 2 is 1.75 bits per heavy atom. The fourth-order valence-corrected chi connectivity index (χ4v) is 3.47. The van der Waals surface area contributed by atoms with E-state index in [1.54, 1.807) is 12.1 Å². The molecule has 0 amide bonds. The van der Waals surface area contributed by atoms with Crippen LogP contribution in [0.5, 0.6) is 0 Å². The maximum Gasteiger partial charge on any atom is 0.328 e. The summed E-state index contributed by atoms with van der Waals surface area (Å²) in [5.74, 6) is 0. The van der Waals surface area contributed by atoms with Crippen molar-refractivity contribution in [2.75, 3.05) is 18.0 Å². The van der Waals surface area contributed by atoms with Gasteiger partial charge in [-0.2, -0.15) is 0 Å². The van der Waals surface area contributed by atoms with Gasteiger partial charge in [0.25, 0.3) is 5.56 Å². The Labute approximate surface area is 139 Å². The van der Waals surface area contributed by atoms with E-state index in [4.69, 9.17) is 0 Å². The molecular weight excluding hydrogens is 302 g/mol. The van der Waals surface area contributed by atoms with Crippen LogP contribution in [0.15, 0.2) is 58.1 Å². The summed E-state index contributed by atoms with van der Waals surface area (Å²) < 4.78 is 1.31. The predicted octanol–water partition coefficient (Wildman–Crippen LogP) is 2.14. The van der Waals surface area contributed by atoms with Crippen LogP contribution in [0.2, 0.25) is 0 Å². The second-order valence-electron chi connectivity index (χ2n) is 6.15. The average Bonchev–Trinajstić information content (AvgIpc) is 2.61. The van der Waals surface area contributed by atoms with E-state index < -0.39 is 0 Å². The van der Waals surface area contributed by atoms with Crippen molar-refractivity contribution in [1.29, 1.82) is 0 Å². The maximum absolute atomic E-state index is 12.6. The first-order valence-electron chi connectivity index (χ1n) is 8.29. The van der Waals surface area contributed by atoms with E-state index in [9.17, 15) is 9.59 Å². The molecule has 3 aromatic rings. The highest BCUT2D eigenvalue weighted by atomic mass is 16.2. The van der Waals surface area contributed by atoms with Crippen LogP contribution < -0.4 is 16.1 Å². The van der Waals surface area contributed by atoms with Crippen molar-refractivity contribution in [2.24, 2.45) is 0 Å². The number of benzene rings is 2. The molecule has 24 heavy (non-hydrogen) atoms. The SMILES string of the molecule is O=c1[nH]c2ccccc2c(=O)n1CCN1CCCc2ccccc21. The molecule has 0 spiro atoms. The third kappa shape index (κ3) is 2.52. The predicted molar refractivity (Wildman–Crippen MR) is 95.8 cm³/mol. The Bertz CT molecular complexity index is 1000. The monoisotopic (exact) mass is 321 g/mol. The minimum absolute atomic E-state index is 0.223. The standard InChI is InChI=1S/C19H19N3O2/c23-18-15-8-2-3-9-16(15)20-19(24)22(18)13-12-21-11-5-7-14-6-1-4-10-17(14)21/h1-4,6,8-10H,5,7,11-13H2,(H,20,24). The van der Waals surface area contributed by atoms with E-state index >= 15 is 0 Å². The Kier molecular flexibility index (Phi) is 3.69. The summed E-state index contributed by atoms with van der Waals surface area (Å²) in [6.45, 7) is 1.99. The number of H-pyrrole nitrogens is 1. The van der Waals surface area contributed by atoms with Crippen LogP contribution in [0.4, 0.5) is 5.69 Å². The first-order chi connectivity index (χ1) is 11.7. The quantitative estimate of drug-likeness (QED) is 0.804. The minimum Gasteiger partial charge on any atom is -0.370 e. The highest BCUT2D eigenvalue weighted by Gasteiger charge is 2.16. The molecule has 1 aromatic heterocycles. The lowest BCUT2D eigenvalue weighted by Crippen LogP contribution is -2.40. The molecule has 0 unspecified atom stereocenters.